The van der Waals surface area contributed by atoms with E-state index in [1.807, 2.05) is 0 Å². The SMILES string of the molecule is C/C=C/c1c([C@@H](C)NC(=O)c2cc(Br)c3ncnn3c2)cccc1C(F)(F)/C=C/C. The molecule has 0 aliphatic heterocycles. The Hall–Kier alpha value is -2.87. The average molecular weight is 475 g/mol. The van der Waals surface area contributed by atoms with Crippen molar-refractivity contribution in [2.75, 3.05) is 0 Å². The van der Waals surface area contributed by atoms with Crippen molar-refractivity contribution >= 4 is 33.6 Å². The standard InChI is InChI=1S/C22H21BrF2N4O/c1-4-7-17-16(8-6-9-18(17)22(24,25)10-5-2)14(3)28-21(30)15-11-19(23)20-26-13-27-29(20)12-15/h4-14H,1-3H3,(H,28,30)/b7-4+,10-5+/t14-/m1/s1. The van der Waals surface area contributed by atoms with Gasteiger partial charge in [-0.3, -0.25) is 4.79 Å². The highest BCUT2D eigenvalue weighted by Crippen LogP contribution is 2.36. The number of fused-ring (bicyclic) bond motifs is 1. The predicted octanol–water partition coefficient (Wildman–Crippen LogP) is 5.68. The maximum Gasteiger partial charge on any atom is 0.292 e. The maximum atomic E-state index is 14.6. The second-order valence-electron chi connectivity index (χ2n) is 6.73. The molecule has 1 aromatic carbocycles. The van der Waals surface area contributed by atoms with Crippen molar-refractivity contribution in [3.8, 4) is 0 Å². The molecule has 0 unspecified atom stereocenters. The molecule has 0 fully saturated rings. The van der Waals surface area contributed by atoms with Crippen LogP contribution in [0.15, 0.2) is 59.5 Å². The number of benzene rings is 1. The fourth-order valence-electron chi connectivity index (χ4n) is 3.27. The van der Waals surface area contributed by atoms with Gasteiger partial charge in [0.05, 0.1) is 16.1 Å². The van der Waals surface area contributed by atoms with E-state index in [1.165, 1.54) is 23.0 Å². The van der Waals surface area contributed by atoms with Crippen LogP contribution in [0.4, 0.5) is 8.78 Å². The number of alkyl halides is 2. The number of nitrogens with one attached hydrogen (secondary N) is 1. The fourth-order valence-corrected chi connectivity index (χ4v) is 3.80. The van der Waals surface area contributed by atoms with Gasteiger partial charge in [-0.15, -0.1) is 0 Å². The first-order valence-electron chi connectivity index (χ1n) is 9.36. The summed E-state index contributed by atoms with van der Waals surface area (Å²) in [5.41, 5.74) is 1.85. The molecule has 30 heavy (non-hydrogen) atoms. The van der Waals surface area contributed by atoms with Crippen molar-refractivity contribution < 1.29 is 13.6 Å². The number of hydrogen-bond donors (Lipinski definition) is 1. The zero-order valence-electron chi connectivity index (χ0n) is 16.7. The molecule has 0 saturated heterocycles. The molecule has 8 heteroatoms. The third-order valence-electron chi connectivity index (χ3n) is 4.61. The number of amides is 1. The number of nitrogens with zero attached hydrogens (tertiary/aromatic N) is 3. The predicted molar refractivity (Wildman–Crippen MR) is 116 cm³/mol. The minimum absolute atomic E-state index is 0.107. The Morgan fingerprint density at radius 1 is 1.30 bits per heavy atom. The minimum Gasteiger partial charge on any atom is -0.345 e. The topological polar surface area (TPSA) is 59.3 Å². The van der Waals surface area contributed by atoms with Gasteiger partial charge in [0.1, 0.15) is 6.33 Å². The van der Waals surface area contributed by atoms with E-state index in [4.69, 9.17) is 0 Å². The highest BCUT2D eigenvalue weighted by molar-refractivity contribution is 9.10. The Morgan fingerprint density at radius 2 is 2.07 bits per heavy atom. The van der Waals surface area contributed by atoms with Crippen molar-refractivity contribution in [1.29, 1.82) is 0 Å². The quantitative estimate of drug-likeness (QED) is 0.467. The third-order valence-corrected chi connectivity index (χ3v) is 5.20. The van der Waals surface area contributed by atoms with Crippen molar-refractivity contribution in [2.24, 2.45) is 0 Å². The molecule has 0 aliphatic rings. The number of hydrogen-bond acceptors (Lipinski definition) is 3. The molecule has 2 aromatic heterocycles. The van der Waals surface area contributed by atoms with E-state index in [-0.39, 0.29) is 11.5 Å². The van der Waals surface area contributed by atoms with E-state index in [2.05, 4.69) is 31.3 Å². The van der Waals surface area contributed by atoms with Gasteiger partial charge in [-0.05, 0) is 60.0 Å². The zero-order valence-corrected chi connectivity index (χ0v) is 18.3. The van der Waals surface area contributed by atoms with Gasteiger partial charge in [0.15, 0.2) is 5.65 Å². The van der Waals surface area contributed by atoms with Crippen LogP contribution in [0.25, 0.3) is 11.7 Å². The van der Waals surface area contributed by atoms with Gasteiger partial charge in [-0.2, -0.15) is 13.9 Å². The normalized spacial score (nSPS) is 13.4. The first kappa shape index (κ1) is 21.8. The van der Waals surface area contributed by atoms with E-state index in [0.29, 0.717) is 26.8 Å². The second-order valence-corrected chi connectivity index (χ2v) is 7.59. The molecule has 3 aromatic rings. The lowest BCUT2D eigenvalue weighted by Crippen LogP contribution is -2.28. The van der Waals surface area contributed by atoms with Crippen molar-refractivity contribution in [2.45, 2.75) is 32.7 Å². The number of carbonyl (C=O) groups is 1. The van der Waals surface area contributed by atoms with E-state index in [1.54, 1.807) is 57.3 Å². The van der Waals surface area contributed by atoms with Crippen molar-refractivity contribution in [1.82, 2.24) is 19.9 Å². The lowest BCUT2D eigenvalue weighted by atomic mass is 9.92. The third kappa shape index (κ3) is 4.33. The molecule has 3 rings (SSSR count). The molecule has 2 heterocycles. The number of allylic oxidation sites excluding steroid dienone is 3. The summed E-state index contributed by atoms with van der Waals surface area (Å²) in [4.78, 5) is 16.9. The van der Waals surface area contributed by atoms with Crippen LogP contribution in [0.3, 0.4) is 0 Å². The van der Waals surface area contributed by atoms with Crippen LogP contribution in [0.1, 0.15) is 53.9 Å². The highest BCUT2D eigenvalue weighted by atomic mass is 79.9. The lowest BCUT2D eigenvalue weighted by Gasteiger charge is -2.22. The van der Waals surface area contributed by atoms with E-state index in [0.717, 1.165) is 6.08 Å². The maximum absolute atomic E-state index is 14.6. The van der Waals surface area contributed by atoms with E-state index >= 15 is 0 Å². The van der Waals surface area contributed by atoms with E-state index in [9.17, 15) is 13.6 Å². The Bertz CT molecular complexity index is 1140. The minimum atomic E-state index is -3.12. The van der Waals surface area contributed by atoms with Gasteiger partial charge >= 0.3 is 0 Å². The molecule has 0 aliphatic carbocycles. The number of rotatable bonds is 6. The molecule has 0 spiro atoms. The average Bonchev–Trinajstić information content (AvgIpc) is 3.17. The molecule has 0 radical (unpaired) electrons. The fraction of sp³-hybridized carbons (Fsp3) is 0.227. The van der Waals surface area contributed by atoms with Gasteiger partial charge < -0.3 is 5.32 Å². The van der Waals surface area contributed by atoms with Gasteiger partial charge in [-0.25, -0.2) is 9.50 Å². The summed E-state index contributed by atoms with van der Waals surface area (Å²) in [5.74, 6) is -3.47. The van der Waals surface area contributed by atoms with Crippen molar-refractivity contribution in [3.05, 3.63) is 81.7 Å². The van der Waals surface area contributed by atoms with Crippen LogP contribution in [-0.2, 0) is 5.92 Å². The van der Waals surface area contributed by atoms with Gasteiger partial charge in [0.25, 0.3) is 11.8 Å². The van der Waals surface area contributed by atoms with Gasteiger partial charge in [0, 0.05) is 11.8 Å². The number of carbonyl (C=O) groups excluding carboxylic acids is 1. The van der Waals surface area contributed by atoms with Crippen LogP contribution in [-0.4, -0.2) is 20.5 Å². The summed E-state index contributed by atoms with van der Waals surface area (Å²) in [6.07, 6.45) is 8.51. The van der Waals surface area contributed by atoms with Crippen LogP contribution in [0.2, 0.25) is 0 Å². The lowest BCUT2D eigenvalue weighted by molar-refractivity contribution is 0.0516. The van der Waals surface area contributed by atoms with Crippen LogP contribution in [0.5, 0.6) is 0 Å². The molecule has 1 atom stereocenters. The Kier molecular flexibility index (Phi) is 6.45. The van der Waals surface area contributed by atoms with Crippen LogP contribution >= 0.6 is 15.9 Å². The smallest absolute Gasteiger partial charge is 0.292 e. The molecular weight excluding hydrogens is 454 g/mol. The van der Waals surface area contributed by atoms with Crippen LogP contribution < -0.4 is 5.32 Å². The summed E-state index contributed by atoms with van der Waals surface area (Å²) in [6, 6.07) is 5.87. The second kappa shape index (κ2) is 8.87. The molecule has 156 valence electrons. The summed E-state index contributed by atoms with van der Waals surface area (Å²) in [5, 5.41) is 6.94. The molecule has 0 bridgehead atoms. The monoisotopic (exact) mass is 474 g/mol. The van der Waals surface area contributed by atoms with E-state index < -0.39 is 12.0 Å². The molecule has 5 nitrogen and oxygen atoms in total. The summed E-state index contributed by atoms with van der Waals surface area (Å²) in [7, 11) is 0. The van der Waals surface area contributed by atoms with Gasteiger partial charge in [0.2, 0.25) is 0 Å². The van der Waals surface area contributed by atoms with Crippen LogP contribution in [0, 0.1) is 0 Å². The molecular formula is C22H21BrF2N4O. The van der Waals surface area contributed by atoms with Crippen molar-refractivity contribution in [3.63, 3.8) is 0 Å². The Morgan fingerprint density at radius 3 is 2.77 bits per heavy atom. The summed E-state index contributed by atoms with van der Waals surface area (Å²) in [6.45, 7) is 5.09. The molecule has 1 N–H and O–H groups in total. The van der Waals surface area contributed by atoms with Gasteiger partial charge in [-0.1, -0.05) is 36.4 Å². The number of halogens is 3. The summed E-state index contributed by atoms with van der Waals surface area (Å²) >= 11 is 3.38. The summed E-state index contributed by atoms with van der Waals surface area (Å²) < 4.78 is 31.4. The molecule has 0 saturated carbocycles. The largest absolute Gasteiger partial charge is 0.345 e. The zero-order chi connectivity index (χ0) is 21.9. The first-order valence-corrected chi connectivity index (χ1v) is 10.1. The Labute approximate surface area is 181 Å². The highest BCUT2D eigenvalue weighted by Gasteiger charge is 2.31. The Balaban J connectivity index is 1.96. The number of pyridine rings is 1. The first-order chi connectivity index (χ1) is 14.3. The molecule has 1 amide bonds. The number of aromatic nitrogens is 3.